The Morgan fingerprint density at radius 3 is 2.57 bits per heavy atom. The Hall–Kier alpha value is -1.87. The highest BCUT2D eigenvalue weighted by molar-refractivity contribution is 6.17. The lowest BCUT2D eigenvalue weighted by molar-refractivity contribution is 0.591. The van der Waals surface area contributed by atoms with Crippen LogP contribution in [0, 0.1) is 5.82 Å². The fourth-order valence-corrected chi connectivity index (χ4v) is 2.75. The summed E-state index contributed by atoms with van der Waals surface area (Å²) in [6, 6.07) is 14.9. The third kappa shape index (κ3) is 2.93. The molecule has 0 aliphatic rings. The second-order valence-corrected chi connectivity index (χ2v) is 5.33. The number of hydrogen-bond donors (Lipinski definition) is 0. The molecule has 0 saturated carbocycles. The maximum absolute atomic E-state index is 13.7. The van der Waals surface area contributed by atoms with Crippen LogP contribution in [0.5, 0.6) is 0 Å². The van der Waals surface area contributed by atoms with Crippen molar-refractivity contribution in [3.05, 3.63) is 65.7 Å². The molecule has 0 saturated heterocycles. The number of aryl methyl sites for hydroxylation is 3. The Labute approximate surface area is 128 Å². The molecule has 3 aromatic rings. The molecule has 0 amide bonds. The summed E-state index contributed by atoms with van der Waals surface area (Å²) in [6.07, 6.45) is 1.36. The van der Waals surface area contributed by atoms with Gasteiger partial charge >= 0.3 is 0 Å². The van der Waals surface area contributed by atoms with Gasteiger partial charge in [0.25, 0.3) is 0 Å². The van der Waals surface area contributed by atoms with Gasteiger partial charge in [0.15, 0.2) is 0 Å². The Kier molecular flexibility index (Phi) is 4.20. The van der Waals surface area contributed by atoms with Gasteiger partial charge < -0.3 is 4.57 Å². The number of benzene rings is 2. The number of nitrogens with zero attached hydrogens (tertiary/aromatic N) is 2. The quantitative estimate of drug-likeness (QED) is 0.646. The summed E-state index contributed by atoms with van der Waals surface area (Å²) >= 11 is 5.86. The number of aromatic nitrogens is 2. The van der Waals surface area contributed by atoms with Crippen molar-refractivity contribution in [3.63, 3.8) is 0 Å². The third-order valence-electron chi connectivity index (χ3n) is 3.61. The molecule has 0 bridgehead atoms. The molecule has 1 heterocycles. The zero-order valence-electron chi connectivity index (χ0n) is 11.6. The zero-order valence-corrected chi connectivity index (χ0v) is 12.4. The largest absolute Gasteiger partial charge is 0.328 e. The molecule has 0 spiro atoms. The number of alkyl halides is 1. The van der Waals surface area contributed by atoms with E-state index in [2.05, 4.69) is 9.55 Å². The lowest BCUT2D eigenvalue weighted by atomic mass is 10.1. The van der Waals surface area contributed by atoms with Crippen LogP contribution in [0.2, 0.25) is 0 Å². The summed E-state index contributed by atoms with van der Waals surface area (Å²) in [6.45, 7) is 0.702. The van der Waals surface area contributed by atoms with E-state index in [1.165, 1.54) is 6.07 Å². The van der Waals surface area contributed by atoms with Gasteiger partial charge in [-0.05, 0) is 30.2 Å². The fourth-order valence-electron chi connectivity index (χ4n) is 2.58. The van der Waals surface area contributed by atoms with Gasteiger partial charge in [-0.25, -0.2) is 9.37 Å². The predicted octanol–water partition coefficient (Wildman–Crippen LogP) is 4.20. The Bertz CT molecular complexity index is 751. The molecule has 21 heavy (non-hydrogen) atoms. The van der Waals surface area contributed by atoms with E-state index in [0.717, 1.165) is 22.4 Å². The lowest BCUT2D eigenvalue weighted by Crippen LogP contribution is -2.07. The highest BCUT2D eigenvalue weighted by Gasteiger charge is 2.10. The summed E-state index contributed by atoms with van der Waals surface area (Å²) < 4.78 is 15.9. The first kappa shape index (κ1) is 14.1. The lowest BCUT2D eigenvalue weighted by Gasteiger charge is -2.09. The van der Waals surface area contributed by atoms with Crippen molar-refractivity contribution in [2.24, 2.45) is 0 Å². The van der Waals surface area contributed by atoms with Gasteiger partial charge in [-0.1, -0.05) is 30.3 Å². The molecule has 4 heteroatoms. The van der Waals surface area contributed by atoms with Gasteiger partial charge in [0.1, 0.15) is 11.6 Å². The average molecular weight is 303 g/mol. The van der Waals surface area contributed by atoms with E-state index in [9.17, 15) is 4.39 Å². The fraction of sp³-hybridized carbons (Fsp3) is 0.235. The number of hydrogen-bond acceptors (Lipinski definition) is 1. The smallest absolute Gasteiger partial charge is 0.126 e. The molecule has 1 aromatic heterocycles. The van der Waals surface area contributed by atoms with E-state index in [4.69, 9.17) is 11.6 Å². The molecular weight excluding hydrogens is 287 g/mol. The summed E-state index contributed by atoms with van der Waals surface area (Å²) in [5.41, 5.74) is 2.77. The third-order valence-corrected chi connectivity index (χ3v) is 3.80. The maximum Gasteiger partial charge on any atom is 0.126 e. The minimum atomic E-state index is -0.152. The van der Waals surface area contributed by atoms with Crippen molar-refractivity contribution in [3.8, 4) is 0 Å². The molecular formula is C17H16ClFN2. The first-order valence-electron chi connectivity index (χ1n) is 7.03. The molecule has 0 fully saturated rings. The second-order valence-electron chi connectivity index (χ2n) is 4.95. The highest BCUT2D eigenvalue weighted by atomic mass is 35.5. The Balaban J connectivity index is 1.92. The van der Waals surface area contributed by atoms with Crippen molar-refractivity contribution in [1.29, 1.82) is 0 Å². The van der Waals surface area contributed by atoms with Gasteiger partial charge in [0, 0.05) is 18.8 Å². The molecule has 3 rings (SSSR count). The van der Waals surface area contributed by atoms with Crippen LogP contribution in [0.1, 0.15) is 11.4 Å². The molecule has 2 aromatic carbocycles. The molecule has 2 nitrogen and oxygen atoms in total. The summed E-state index contributed by atoms with van der Waals surface area (Å²) in [5, 5.41) is 0. The van der Waals surface area contributed by atoms with E-state index in [-0.39, 0.29) is 5.82 Å². The van der Waals surface area contributed by atoms with Crippen molar-refractivity contribution >= 4 is 22.6 Å². The van der Waals surface area contributed by atoms with Crippen molar-refractivity contribution in [2.75, 3.05) is 5.88 Å². The molecule has 108 valence electrons. The normalized spacial score (nSPS) is 11.1. The van der Waals surface area contributed by atoms with E-state index in [0.29, 0.717) is 25.3 Å². The highest BCUT2D eigenvalue weighted by Crippen LogP contribution is 2.18. The first-order valence-corrected chi connectivity index (χ1v) is 7.56. The van der Waals surface area contributed by atoms with Crippen LogP contribution < -0.4 is 0 Å². The minimum absolute atomic E-state index is 0.152. The zero-order chi connectivity index (χ0) is 14.7. The molecule has 0 aliphatic heterocycles. The number of imidazole rings is 1. The van der Waals surface area contributed by atoms with Crippen molar-refractivity contribution in [1.82, 2.24) is 9.55 Å². The van der Waals surface area contributed by atoms with E-state index in [1.807, 2.05) is 36.4 Å². The van der Waals surface area contributed by atoms with Crippen LogP contribution in [-0.4, -0.2) is 15.4 Å². The molecule has 0 N–H and O–H groups in total. The standard InChI is InChI=1S/C17H16ClFN2/c18-11-9-17-20-15-7-3-4-8-16(15)21(17)12-10-13-5-1-2-6-14(13)19/h1-8H,9-12H2. The minimum Gasteiger partial charge on any atom is -0.328 e. The summed E-state index contributed by atoms with van der Waals surface area (Å²) in [4.78, 5) is 4.62. The SMILES string of the molecule is Fc1ccccc1CCn1c(CCCl)nc2ccccc21. The predicted molar refractivity (Wildman–Crippen MR) is 84.3 cm³/mol. The van der Waals surface area contributed by atoms with Crippen LogP contribution in [0.4, 0.5) is 4.39 Å². The molecule has 0 aliphatic carbocycles. The van der Waals surface area contributed by atoms with Gasteiger partial charge in [0.05, 0.1) is 11.0 Å². The van der Waals surface area contributed by atoms with E-state index >= 15 is 0 Å². The first-order chi connectivity index (χ1) is 10.3. The van der Waals surface area contributed by atoms with Gasteiger partial charge in [-0.15, -0.1) is 11.6 Å². The molecule has 0 unspecified atom stereocenters. The van der Waals surface area contributed by atoms with Crippen LogP contribution >= 0.6 is 11.6 Å². The average Bonchev–Trinajstić information content (AvgIpc) is 2.84. The summed E-state index contributed by atoms with van der Waals surface area (Å²) in [5.74, 6) is 1.34. The van der Waals surface area contributed by atoms with Gasteiger partial charge in [-0.2, -0.15) is 0 Å². The van der Waals surface area contributed by atoms with E-state index in [1.54, 1.807) is 6.07 Å². The summed E-state index contributed by atoms with van der Waals surface area (Å²) in [7, 11) is 0. The van der Waals surface area contributed by atoms with Gasteiger partial charge in [0.2, 0.25) is 0 Å². The maximum atomic E-state index is 13.7. The van der Waals surface area contributed by atoms with Crippen molar-refractivity contribution in [2.45, 2.75) is 19.4 Å². The monoisotopic (exact) mass is 302 g/mol. The van der Waals surface area contributed by atoms with E-state index < -0.39 is 0 Å². The molecule has 0 atom stereocenters. The number of para-hydroxylation sites is 2. The van der Waals surface area contributed by atoms with Gasteiger partial charge in [-0.3, -0.25) is 0 Å². The number of rotatable bonds is 5. The number of halogens is 2. The Morgan fingerprint density at radius 1 is 1.00 bits per heavy atom. The second kappa shape index (κ2) is 6.27. The van der Waals surface area contributed by atoms with Crippen LogP contribution in [-0.2, 0) is 19.4 Å². The van der Waals surface area contributed by atoms with Crippen LogP contribution in [0.15, 0.2) is 48.5 Å². The van der Waals surface area contributed by atoms with Crippen molar-refractivity contribution < 1.29 is 4.39 Å². The Morgan fingerprint density at radius 2 is 1.76 bits per heavy atom. The van der Waals surface area contributed by atoms with Crippen LogP contribution in [0.3, 0.4) is 0 Å². The van der Waals surface area contributed by atoms with Crippen LogP contribution in [0.25, 0.3) is 11.0 Å². The molecule has 0 radical (unpaired) electrons. The topological polar surface area (TPSA) is 17.8 Å². The number of fused-ring (bicyclic) bond motifs is 1.